The van der Waals surface area contributed by atoms with Gasteiger partial charge in [0.2, 0.25) is 0 Å². The Morgan fingerprint density at radius 1 is 0.960 bits per heavy atom. The molecule has 2 rings (SSSR count). The topological polar surface area (TPSA) is 35.6 Å². The standard InChI is InChI=1S/C21H29N3O/c1-15-7-8-18(13-16(15)2)21(25)22-14-20(24(5)6)17-9-11-19(12-10-17)23(3)4/h7-13,20H,14H2,1-6H3,(H,22,25)/t20-/m1/s1. The SMILES string of the molecule is Cc1ccc(C(=O)NC[C@H](c2ccc(N(C)C)cc2)N(C)C)cc1C. The van der Waals surface area contributed by atoms with Crippen molar-refractivity contribution in [2.75, 3.05) is 39.6 Å². The molecule has 1 atom stereocenters. The zero-order valence-electron chi connectivity index (χ0n) is 16.1. The fourth-order valence-electron chi connectivity index (χ4n) is 2.77. The van der Waals surface area contributed by atoms with Gasteiger partial charge in [0.25, 0.3) is 5.91 Å². The van der Waals surface area contributed by atoms with E-state index in [0.717, 1.165) is 5.56 Å². The summed E-state index contributed by atoms with van der Waals surface area (Å²) in [6, 6.07) is 14.4. The second kappa shape index (κ2) is 8.17. The minimum absolute atomic E-state index is 0.0279. The molecule has 1 amide bonds. The summed E-state index contributed by atoms with van der Waals surface area (Å²) in [6.07, 6.45) is 0. The lowest BCUT2D eigenvalue weighted by molar-refractivity contribution is 0.0942. The Labute approximate surface area is 151 Å². The van der Waals surface area contributed by atoms with Crippen molar-refractivity contribution in [3.05, 3.63) is 64.7 Å². The number of anilines is 1. The van der Waals surface area contributed by atoms with Crippen LogP contribution in [0.1, 0.15) is 33.1 Å². The van der Waals surface area contributed by atoms with Crippen molar-refractivity contribution < 1.29 is 4.79 Å². The molecule has 4 heteroatoms. The van der Waals surface area contributed by atoms with Crippen molar-refractivity contribution in [1.29, 1.82) is 0 Å². The first-order valence-corrected chi connectivity index (χ1v) is 8.58. The third-order valence-electron chi connectivity index (χ3n) is 4.64. The van der Waals surface area contributed by atoms with E-state index in [1.165, 1.54) is 16.8 Å². The number of nitrogens with zero attached hydrogens (tertiary/aromatic N) is 2. The van der Waals surface area contributed by atoms with Gasteiger partial charge >= 0.3 is 0 Å². The molecule has 2 aromatic rings. The van der Waals surface area contributed by atoms with E-state index < -0.39 is 0 Å². The first-order chi connectivity index (χ1) is 11.8. The van der Waals surface area contributed by atoms with E-state index in [4.69, 9.17) is 0 Å². The predicted molar refractivity (Wildman–Crippen MR) is 105 cm³/mol. The van der Waals surface area contributed by atoms with E-state index in [0.29, 0.717) is 12.1 Å². The van der Waals surface area contributed by atoms with Gasteiger partial charge in [-0.3, -0.25) is 4.79 Å². The lowest BCUT2D eigenvalue weighted by Gasteiger charge is -2.26. The molecule has 0 radical (unpaired) electrons. The Morgan fingerprint density at radius 3 is 2.12 bits per heavy atom. The van der Waals surface area contributed by atoms with Crippen LogP contribution in [0, 0.1) is 13.8 Å². The van der Waals surface area contributed by atoms with Gasteiger partial charge in [-0.05, 0) is 68.9 Å². The van der Waals surface area contributed by atoms with Crippen LogP contribution in [0.15, 0.2) is 42.5 Å². The van der Waals surface area contributed by atoms with E-state index in [1.54, 1.807) is 0 Å². The Morgan fingerprint density at radius 2 is 1.60 bits per heavy atom. The largest absolute Gasteiger partial charge is 0.378 e. The summed E-state index contributed by atoms with van der Waals surface area (Å²) in [5, 5.41) is 3.07. The van der Waals surface area contributed by atoms with E-state index in [1.807, 2.05) is 53.3 Å². The molecule has 1 N–H and O–H groups in total. The first kappa shape index (κ1) is 19.0. The van der Waals surface area contributed by atoms with Crippen LogP contribution >= 0.6 is 0 Å². The molecule has 2 aromatic carbocycles. The number of nitrogens with one attached hydrogen (secondary N) is 1. The highest BCUT2D eigenvalue weighted by atomic mass is 16.1. The van der Waals surface area contributed by atoms with Crippen LogP contribution in [0.2, 0.25) is 0 Å². The number of amides is 1. The molecular weight excluding hydrogens is 310 g/mol. The summed E-state index contributed by atoms with van der Waals surface area (Å²) in [4.78, 5) is 16.7. The molecule has 0 fully saturated rings. The number of rotatable bonds is 6. The molecule has 134 valence electrons. The van der Waals surface area contributed by atoms with Crippen molar-refractivity contribution in [2.24, 2.45) is 0 Å². The van der Waals surface area contributed by atoms with Gasteiger partial charge in [0.05, 0.1) is 6.04 Å². The second-order valence-electron chi connectivity index (χ2n) is 6.97. The van der Waals surface area contributed by atoms with E-state index in [9.17, 15) is 4.79 Å². The zero-order chi connectivity index (χ0) is 18.6. The smallest absolute Gasteiger partial charge is 0.251 e. The van der Waals surface area contributed by atoms with E-state index in [2.05, 4.69) is 46.3 Å². The monoisotopic (exact) mass is 339 g/mol. The third-order valence-corrected chi connectivity index (χ3v) is 4.64. The minimum atomic E-state index is -0.0279. The van der Waals surface area contributed by atoms with Crippen LogP contribution in [0.5, 0.6) is 0 Å². The number of aryl methyl sites for hydroxylation is 2. The second-order valence-corrected chi connectivity index (χ2v) is 6.97. The first-order valence-electron chi connectivity index (χ1n) is 8.58. The Balaban J connectivity index is 2.08. The Bertz CT molecular complexity index is 720. The van der Waals surface area contributed by atoms with Crippen molar-refractivity contribution in [1.82, 2.24) is 10.2 Å². The van der Waals surface area contributed by atoms with Gasteiger partial charge in [0.1, 0.15) is 0 Å². The van der Waals surface area contributed by atoms with Crippen LogP contribution in [0.25, 0.3) is 0 Å². The molecule has 0 bridgehead atoms. The molecule has 0 unspecified atom stereocenters. The summed E-state index contributed by atoms with van der Waals surface area (Å²) < 4.78 is 0. The molecule has 0 aromatic heterocycles. The van der Waals surface area contributed by atoms with Gasteiger partial charge < -0.3 is 15.1 Å². The van der Waals surface area contributed by atoms with E-state index >= 15 is 0 Å². The van der Waals surface area contributed by atoms with Gasteiger partial charge in [0.15, 0.2) is 0 Å². The maximum absolute atomic E-state index is 12.5. The lowest BCUT2D eigenvalue weighted by atomic mass is 10.0. The number of hydrogen-bond acceptors (Lipinski definition) is 3. The fourth-order valence-corrected chi connectivity index (χ4v) is 2.77. The van der Waals surface area contributed by atoms with Crippen molar-refractivity contribution in [2.45, 2.75) is 19.9 Å². The quantitative estimate of drug-likeness (QED) is 0.876. The highest BCUT2D eigenvalue weighted by Gasteiger charge is 2.16. The number of benzene rings is 2. The molecule has 0 saturated heterocycles. The van der Waals surface area contributed by atoms with Crippen molar-refractivity contribution in [3.8, 4) is 0 Å². The number of hydrogen-bond donors (Lipinski definition) is 1. The van der Waals surface area contributed by atoms with Gasteiger partial charge in [-0.2, -0.15) is 0 Å². The van der Waals surface area contributed by atoms with Crippen LogP contribution in [-0.4, -0.2) is 45.5 Å². The normalized spacial score (nSPS) is 12.1. The van der Waals surface area contributed by atoms with Gasteiger partial charge in [0, 0.05) is 31.9 Å². The Kier molecular flexibility index (Phi) is 6.21. The summed E-state index contributed by atoms with van der Waals surface area (Å²) in [7, 11) is 8.13. The minimum Gasteiger partial charge on any atom is -0.378 e. The molecular formula is C21H29N3O. The molecule has 0 saturated carbocycles. The molecule has 25 heavy (non-hydrogen) atoms. The lowest BCUT2D eigenvalue weighted by Crippen LogP contribution is -2.34. The highest BCUT2D eigenvalue weighted by molar-refractivity contribution is 5.94. The Hall–Kier alpha value is -2.33. The van der Waals surface area contributed by atoms with E-state index in [-0.39, 0.29) is 11.9 Å². The summed E-state index contributed by atoms with van der Waals surface area (Å²) >= 11 is 0. The average molecular weight is 339 g/mol. The zero-order valence-corrected chi connectivity index (χ0v) is 16.1. The van der Waals surface area contributed by atoms with Crippen LogP contribution in [0.4, 0.5) is 5.69 Å². The predicted octanol–water partition coefficient (Wildman–Crippen LogP) is 3.40. The van der Waals surface area contributed by atoms with Crippen molar-refractivity contribution >= 4 is 11.6 Å². The van der Waals surface area contributed by atoms with Crippen LogP contribution in [-0.2, 0) is 0 Å². The molecule has 0 spiro atoms. The molecule has 0 aliphatic carbocycles. The maximum Gasteiger partial charge on any atom is 0.251 e. The maximum atomic E-state index is 12.5. The fraction of sp³-hybridized carbons (Fsp3) is 0.381. The number of carbonyl (C=O) groups excluding carboxylic acids is 1. The summed E-state index contributed by atoms with van der Waals surface area (Å²) in [5.74, 6) is -0.0279. The summed E-state index contributed by atoms with van der Waals surface area (Å²) in [5.41, 5.74) is 5.40. The summed E-state index contributed by atoms with van der Waals surface area (Å²) in [6.45, 7) is 4.65. The molecule has 0 heterocycles. The van der Waals surface area contributed by atoms with Crippen LogP contribution in [0.3, 0.4) is 0 Å². The van der Waals surface area contributed by atoms with Crippen molar-refractivity contribution in [3.63, 3.8) is 0 Å². The molecule has 0 aliphatic rings. The average Bonchev–Trinajstić information content (AvgIpc) is 2.57. The number of carbonyl (C=O) groups is 1. The van der Waals surface area contributed by atoms with Gasteiger partial charge in [-0.25, -0.2) is 0 Å². The third kappa shape index (κ3) is 4.83. The molecule has 4 nitrogen and oxygen atoms in total. The van der Waals surface area contributed by atoms with Gasteiger partial charge in [-0.1, -0.05) is 18.2 Å². The van der Waals surface area contributed by atoms with Crippen LogP contribution < -0.4 is 10.2 Å². The van der Waals surface area contributed by atoms with Gasteiger partial charge in [-0.15, -0.1) is 0 Å². The number of likely N-dealkylation sites (N-methyl/N-ethyl adjacent to an activating group) is 1. The highest BCUT2D eigenvalue weighted by Crippen LogP contribution is 2.21. The molecule has 0 aliphatic heterocycles.